The summed E-state index contributed by atoms with van der Waals surface area (Å²) in [7, 11) is 1.60. The lowest BCUT2D eigenvalue weighted by molar-refractivity contribution is -0.384. The molecule has 1 N–H and O–H groups in total. The number of halogens is 2. The van der Waals surface area contributed by atoms with Crippen molar-refractivity contribution in [2.24, 2.45) is 0 Å². The summed E-state index contributed by atoms with van der Waals surface area (Å²) < 4.78 is 5.45. The van der Waals surface area contributed by atoms with Crippen LogP contribution in [-0.2, 0) is 0 Å². The molecule has 0 aliphatic carbocycles. The monoisotopic (exact) mass is 313 g/mol. The molecular weight excluding hydrogens is 305 g/mol. The topological polar surface area (TPSA) is 77.3 Å². The molecule has 8 heteroatoms. The van der Waals surface area contributed by atoms with Crippen LogP contribution in [0.2, 0.25) is 10.0 Å². The molecule has 0 bridgehead atoms. The molecule has 20 heavy (non-hydrogen) atoms. The predicted octanol–water partition coefficient (Wildman–Crippen LogP) is 4.13. The zero-order chi connectivity index (χ0) is 14.7. The van der Waals surface area contributed by atoms with E-state index < -0.39 is 4.92 Å². The van der Waals surface area contributed by atoms with E-state index in [0.29, 0.717) is 16.6 Å². The predicted molar refractivity (Wildman–Crippen MR) is 77.0 cm³/mol. The van der Waals surface area contributed by atoms with Crippen LogP contribution in [0.5, 0.6) is 11.6 Å². The van der Waals surface area contributed by atoms with Crippen molar-refractivity contribution in [2.45, 2.75) is 0 Å². The SMILES string of the molecule is CNc1cc([N+](=O)[O-])cc(Oc2ccc(Cl)cc2Cl)n1. The first-order chi connectivity index (χ1) is 9.49. The number of benzene rings is 1. The molecule has 0 atom stereocenters. The summed E-state index contributed by atoms with van der Waals surface area (Å²) >= 11 is 11.7. The molecule has 1 aromatic heterocycles. The molecule has 0 aliphatic rings. The van der Waals surface area contributed by atoms with E-state index in [-0.39, 0.29) is 16.6 Å². The molecule has 6 nitrogen and oxygen atoms in total. The number of nitro groups is 1. The van der Waals surface area contributed by atoms with Crippen molar-refractivity contribution >= 4 is 34.7 Å². The molecule has 0 fully saturated rings. The van der Waals surface area contributed by atoms with E-state index in [4.69, 9.17) is 27.9 Å². The van der Waals surface area contributed by atoms with E-state index in [1.165, 1.54) is 18.2 Å². The molecule has 1 heterocycles. The van der Waals surface area contributed by atoms with Crippen molar-refractivity contribution < 1.29 is 9.66 Å². The first kappa shape index (κ1) is 14.4. The van der Waals surface area contributed by atoms with Gasteiger partial charge in [-0.25, -0.2) is 0 Å². The fourth-order valence-corrected chi connectivity index (χ4v) is 1.89. The van der Waals surface area contributed by atoms with Crippen LogP contribution in [0.4, 0.5) is 11.5 Å². The van der Waals surface area contributed by atoms with Crippen LogP contribution in [0.3, 0.4) is 0 Å². The average Bonchev–Trinajstić information content (AvgIpc) is 2.41. The normalized spacial score (nSPS) is 10.2. The number of hydrogen-bond acceptors (Lipinski definition) is 5. The van der Waals surface area contributed by atoms with Gasteiger partial charge in [-0.05, 0) is 18.2 Å². The smallest absolute Gasteiger partial charge is 0.278 e. The van der Waals surface area contributed by atoms with E-state index in [2.05, 4.69) is 10.3 Å². The third-order valence-corrected chi connectivity index (χ3v) is 2.89. The second kappa shape index (κ2) is 5.94. The van der Waals surface area contributed by atoms with Gasteiger partial charge in [-0.2, -0.15) is 4.98 Å². The van der Waals surface area contributed by atoms with Crippen LogP contribution in [0, 0.1) is 10.1 Å². The second-order valence-corrected chi connectivity index (χ2v) is 4.58. The van der Waals surface area contributed by atoms with Gasteiger partial charge in [0.05, 0.1) is 22.1 Å². The van der Waals surface area contributed by atoms with Crippen molar-refractivity contribution in [1.82, 2.24) is 4.98 Å². The summed E-state index contributed by atoms with van der Waals surface area (Å²) in [6.45, 7) is 0. The van der Waals surface area contributed by atoms with Crippen molar-refractivity contribution in [3.63, 3.8) is 0 Å². The lowest BCUT2D eigenvalue weighted by Gasteiger charge is -2.08. The van der Waals surface area contributed by atoms with Crippen LogP contribution in [0.25, 0.3) is 0 Å². The Kier molecular flexibility index (Phi) is 4.26. The van der Waals surface area contributed by atoms with Gasteiger partial charge in [0.15, 0.2) is 0 Å². The largest absolute Gasteiger partial charge is 0.437 e. The Morgan fingerprint density at radius 1 is 1.30 bits per heavy atom. The maximum atomic E-state index is 10.8. The molecule has 2 rings (SSSR count). The van der Waals surface area contributed by atoms with Gasteiger partial charge in [0.25, 0.3) is 5.69 Å². The average molecular weight is 314 g/mol. The molecule has 0 amide bonds. The molecule has 2 aromatic rings. The summed E-state index contributed by atoms with van der Waals surface area (Å²) in [5.74, 6) is 0.693. The maximum absolute atomic E-state index is 10.8. The third kappa shape index (κ3) is 3.28. The molecule has 0 unspecified atom stereocenters. The highest BCUT2D eigenvalue weighted by molar-refractivity contribution is 6.35. The molecule has 1 aromatic carbocycles. The summed E-state index contributed by atoms with van der Waals surface area (Å²) in [6.07, 6.45) is 0. The summed E-state index contributed by atoms with van der Waals surface area (Å²) in [5.41, 5.74) is -0.135. The Morgan fingerprint density at radius 3 is 2.65 bits per heavy atom. The highest BCUT2D eigenvalue weighted by Crippen LogP contribution is 2.32. The van der Waals surface area contributed by atoms with Gasteiger partial charge in [-0.3, -0.25) is 10.1 Å². The van der Waals surface area contributed by atoms with Crippen molar-refractivity contribution in [3.05, 3.63) is 50.5 Å². The van der Waals surface area contributed by atoms with Gasteiger partial charge in [-0.15, -0.1) is 0 Å². The van der Waals surface area contributed by atoms with Crippen molar-refractivity contribution in [1.29, 1.82) is 0 Å². The Morgan fingerprint density at radius 2 is 2.05 bits per heavy atom. The summed E-state index contributed by atoms with van der Waals surface area (Å²) in [5, 5.41) is 14.3. The number of ether oxygens (including phenoxy) is 1. The number of aromatic nitrogens is 1. The van der Waals surface area contributed by atoms with Crippen molar-refractivity contribution in [3.8, 4) is 11.6 Å². The van der Waals surface area contributed by atoms with Gasteiger partial charge in [0, 0.05) is 12.1 Å². The standard InChI is InChI=1S/C12H9Cl2N3O3/c1-15-11-5-8(17(18)19)6-12(16-11)20-10-3-2-7(13)4-9(10)14/h2-6H,1H3,(H,15,16). The lowest BCUT2D eigenvalue weighted by atomic mass is 10.3. The Hall–Kier alpha value is -2.05. The van der Waals surface area contributed by atoms with Crippen LogP contribution in [0.1, 0.15) is 0 Å². The number of hydrogen-bond donors (Lipinski definition) is 1. The van der Waals surface area contributed by atoms with E-state index in [1.54, 1.807) is 19.2 Å². The molecule has 0 saturated heterocycles. The van der Waals surface area contributed by atoms with Gasteiger partial charge in [0.1, 0.15) is 11.6 Å². The number of nitrogens with one attached hydrogen (secondary N) is 1. The quantitative estimate of drug-likeness (QED) is 0.678. The molecule has 0 radical (unpaired) electrons. The highest BCUT2D eigenvalue weighted by Gasteiger charge is 2.13. The Balaban J connectivity index is 2.37. The van der Waals surface area contributed by atoms with Crippen LogP contribution in [0.15, 0.2) is 30.3 Å². The minimum atomic E-state index is -0.529. The Bertz CT molecular complexity index is 664. The van der Waals surface area contributed by atoms with Gasteiger partial charge < -0.3 is 10.1 Å². The summed E-state index contributed by atoms with van der Waals surface area (Å²) in [6, 6.07) is 7.18. The van der Waals surface area contributed by atoms with Gasteiger partial charge >= 0.3 is 0 Å². The van der Waals surface area contributed by atoms with E-state index in [0.717, 1.165) is 0 Å². The Labute approximate surface area is 124 Å². The number of anilines is 1. The van der Waals surface area contributed by atoms with Crippen LogP contribution < -0.4 is 10.1 Å². The van der Waals surface area contributed by atoms with Crippen LogP contribution in [-0.4, -0.2) is 17.0 Å². The van der Waals surface area contributed by atoms with E-state index >= 15 is 0 Å². The molecule has 104 valence electrons. The highest BCUT2D eigenvalue weighted by atomic mass is 35.5. The summed E-state index contributed by atoms with van der Waals surface area (Å²) in [4.78, 5) is 14.4. The number of rotatable bonds is 4. The van der Waals surface area contributed by atoms with Gasteiger partial charge in [0.2, 0.25) is 5.88 Å². The molecular formula is C12H9Cl2N3O3. The fourth-order valence-electron chi connectivity index (χ4n) is 1.45. The molecule has 0 saturated carbocycles. The molecule has 0 spiro atoms. The third-order valence-electron chi connectivity index (χ3n) is 2.36. The van der Waals surface area contributed by atoms with Crippen molar-refractivity contribution in [2.75, 3.05) is 12.4 Å². The fraction of sp³-hybridized carbons (Fsp3) is 0.0833. The zero-order valence-corrected chi connectivity index (χ0v) is 11.8. The maximum Gasteiger partial charge on any atom is 0.278 e. The van der Waals surface area contributed by atoms with Gasteiger partial charge in [-0.1, -0.05) is 23.2 Å². The molecule has 0 aliphatic heterocycles. The number of nitrogens with zero attached hydrogens (tertiary/aromatic N) is 2. The second-order valence-electron chi connectivity index (χ2n) is 3.73. The number of pyridine rings is 1. The minimum absolute atomic E-state index is 0.0628. The van der Waals surface area contributed by atoms with E-state index in [9.17, 15) is 10.1 Å². The first-order valence-electron chi connectivity index (χ1n) is 5.46. The lowest BCUT2D eigenvalue weighted by Crippen LogP contribution is -1.98. The first-order valence-corrected chi connectivity index (χ1v) is 6.22. The zero-order valence-electron chi connectivity index (χ0n) is 10.3. The minimum Gasteiger partial charge on any atom is -0.437 e. The van der Waals surface area contributed by atoms with E-state index in [1.807, 2.05) is 0 Å². The van der Waals surface area contributed by atoms with Crippen LogP contribution >= 0.6 is 23.2 Å².